The van der Waals surface area contributed by atoms with Gasteiger partial charge in [0.1, 0.15) is 24.0 Å². The molecule has 1 heterocycles. The Labute approximate surface area is 125 Å². The molecule has 0 aliphatic rings. The van der Waals surface area contributed by atoms with Gasteiger partial charge < -0.3 is 24.5 Å². The highest BCUT2D eigenvalue weighted by atomic mass is 16.5. The molecular weight excluding hydrogens is 292 g/mol. The van der Waals surface area contributed by atoms with Crippen LogP contribution in [0.3, 0.4) is 0 Å². The molecule has 7 nitrogen and oxygen atoms in total. The molecule has 1 aromatic heterocycles. The van der Waals surface area contributed by atoms with Crippen molar-refractivity contribution in [3.63, 3.8) is 0 Å². The fourth-order valence-electron chi connectivity index (χ4n) is 1.89. The van der Waals surface area contributed by atoms with Crippen LogP contribution < -0.4 is 10.4 Å². The highest BCUT2D eigenvalue weighted by Crippen LogP contribution is 2.19. The number of rotatable bonds is 7. The molecule has 0 bridgehead atoms. The minimum absolute atomic E-state index is 0.00365. The molecule has 2 atom stereocenters. The predicted octanol–water partition coefficient (Wildman–Crippen LogP) is -0.155. The van der Waals surface area contributed by atoms with Crippen molar-refractivity contribution in [1.29, 1.82) is 0 Å². The van der Waals surface area contributed by atoms with Crippen LogP contribution in [0.4, 0.5) is 0 Å². The molecule has 0 spiro atoms. The average molecular weight is 308 g/mol. The van der Waals surface area contributed by atoms with Crippen LogP contribution >= 0.6 is 0 Å². The monoisotopic (exact) mass is 308 g/mol. The van der Waals surface area contributed by atoms with E-state index in [2.05, 4.69) is 0 Å². The molecule has 0 aliphatic carbocycles. The van der Waals surface area contributed by atoms with Gasteiger partial charge in [-0.15, -0.1) is 0 Å². The second-order valence-electron chi connectivity index (χ2n) is 4.73. The molecule has 7 heteroatoms. The molecule has 118 valence electrons. The number of Topliss-reactive ketones (excluding diaryl/α,β-unsaturated/α-hetero) is 1. The van der Waals surface area contributed by atoms with E-state index in [0.717, 1.165) is 5.39 Å². The van der Waals surface area contributed by atoms with Crippen LogP contribution in [-0.2, 0) is 4.79 Å². The van der Waals surface area contributed by atoms with Gasteiger partial charge in [0.25, 0.3) is 0 Å². The van der Waals surface area contributed by atoms with Crippen LogP contribution in [0.15, 0.2) is 39.5 Å². The van der Waals surface area contributed by atoms with Gasteiger partial charge in [-0.05, 0) is 18.2 Å². The van der Waals surface area contributed by atoms with Crippen molar-refractivity contribution in [2.24, 2.45) is 0 Å². The van der Waals surface area contributed by atoms with Gasteiger partial charge in [-0.1, -0.05) is 0 Å². The van der Waals surface area contributed by atoms with Crippen LogP contribution in [0.25, 0.3) is 11.0 Å². The van der Waals surface area contributed by atoms with Crippen molar-refractivity contribution < 1.29 is 29.3 Å². The molecule has 2 rings (SSSR count). The Kier molecular flexibility index (Phi) is 5.26. The van der Waals surface area contributed by atoms with Crippen molar-refractivity contribution in [1.82, 2.24) is 0 Å². The van der Waals surface area contributed by atoms with Crippen LogP contribution in [0.5, 0.6) is 5.75 Å². The first-order chi connectivity index (χ1) is 10.5. The molecule has 0 radical (unpaired) electrons. The summed E-state index contributed by atoms with van der Waals surface area (Å²) in [6.45, 7) is -0.789. The smallest absolute Gasteiger partial charge is 0.336 e. The molecule has 0 fully saturated rings. The van der Waals surface area contributed by atoms with Crippen molar-refractivity contribution >= 4 is 16.8 Å². The molecule has 22 heavy (non-hydrogen) atoms. The molecule has 0 saturated heterocycles. The number of benzene rings is 1. The van der Waals surface area contributed by atoms with Gasteiger partial charge in [-0.2, -0.15) is 0 Å². The first-order valence-electron chi connectivity index (χ1n) is 6.67. The lowest BCUT2D eigenvalue weighted by Crippen LogP contribution is -2.36. The summed E-state index contributed by atoms with van der Waals surface area (Å²) >= 11 is 0. The van der Waals surface area contributed by atoms with Gasteiger partial charge in [0, 0.05) is 23.9 Å². The maximum Gasteiger partial charge on any atom is 0.336 e. The summed E-state index contributed by atoms with van der Waals surface area (Å²) in [6.07, 6.45) is -2.95. The van der Waals surface area contributed by atoms with Crippen molar-refractivity contribution in [2.45, 2.75) is 18.6 Å². The number of carbonyl (C=O) groups is 1. The largest absolute Gasteiger partial charge is 0.493 e. The van der Waals surface area contributed by atoms with E-state index in [4.69, 9.17) is 14.3 Å². The Balaban J connectivity index is 1.94. The summed E-state index contributed by atoms with van der Waals surface area (Å²) in [5.41, 5.74) is -0.0910. The third-order valence-corrected chi connectivity index (χ3v) is 3.13. The quantitative estimate of drug-likeness (QED) is 0.609. The van der Waals surface area contributed by atoms with Crippen LogP contribution in [0, 0.1) is 0 Å². The number of ether oxygens (including phenoxy) is 1. The zero-order chi connectivity index (χ0) is 16.1. The van der Waals surface area contributed by atoms with Gasteiger partial charge >= 0.3 is 5.63 Å². The second-order valence-corrected chi connectivity index (χ2v) is 4.73. The van der Waals surface area contributed by atoms with Crippen LogP contribution in [0.1, 0.15) is 6.42 Å². The Morgan fingerprint density at radius 3 is 2.68 bits per heavy atom. The molecule has 2 aromatic rings. The van der Waals surface area contributed by atoms with E-state index in [1.807, 2.05) is 0 Å². The maximum atomic E-state index is 11.1. The summed E-state index contributed by atoms with van der Waals surface area (Å²) in [5, 5.41) is 28.3. The van der Waals surface area contributed by atoms with E-state index in [0.29, 0.717) is 11.3 Å². The summed E-state index contributed by atoms with van der Waals surface area (Å²) in [4.78, 5) is 22.2. The Hall–Kier alpha value is -2.22. The molecule has 0 aliphatic heterocycles. The lowest BCUT2D eigenvalue weighted by molar-refractivity contribution is -0.136. The average Bonchev–Trinajstić information content (AvgIpc) is 2.52. The number of carbonyl (C=O) groups excluding carboxylic acids is 1. The zero-order valence-corrected chi connectivity index (χ0v) is 11.6. The van der Waals surface area contributed by atoms with E-state index in [-0.39, 0.29) is 13.0 Å². The van der Waals surface area contributed by atoms with Gasteiger partial charge in [-0.3, -0.25) is 4.79 Å². The van der Waals surface area contributed by atoms with Gasteiger partial charge in [0.05, 0.1) is 12.7 Å². The summed E-state index contributed by atoms with van der Waals surface area (Å²) < 4.78 is 10.4. The molecule has 0 saturated carbocycles. The topological polar surface area (TPSA) is 117 Å². The summed E-state index contributed by atoms with van der Waals surface area (Å²) in [7, 11) is 0. The van der Waals surface area contributed by atoms with Gasteiger partial charge in [-0.25, -0.2) is 4.79 Å². The Morgan fingerprint density at radius 2 is 1.95 bits per heavy atom. The highest BCUT2D eigenvalue weighted by Gasteiger charge is 2.23. The van der Waals surface area contributed by atoms with E-state index in [9.17, 15) is 19.8 Å². The van der Waals surface area contributed by atoms with E-state index in [1.165, 1.54) is 6.07 Å². The minimum atomic E-state index is -1.64. The lowest BCUT2D eigenvalue weighted by atomic mass is 10.1. The summed E-state index contributed by atoms with van der Waals surface area (Å²) in [6, 6.07) is 7.88. The third kappa shape index (κ3) is 3.91. The van der Waals surface area contributed by atoms with Crippen LogP contribution in [0.2, 0.25) is 0 Å². The van der Waals surface area contributed by atoms with E-state index < -0.39 is 30.2 Å². The number of hydrogen-bond acceptors (Lipinski definition) is 7. The number of hydrogen-bond donors (Lipinski definition) is 3. The third-order valence-electron chi connectivity index (χ3n) is 3.13. The van der Waals surface area contributed by atoms with Gasteiger partial charge in [0.2, 0.25) is 0 Å². The molecule has 0 unspecified atom stereocenters. The lowest BCUT2D eigenvalue weighted by Gasteiger charge is -2.16. The fourth-order valence-corrected chi connectivity index (χ4v) is 1.89. The fraction of sp³-hybridized carbons (Fsp3) is 0.333. The SMILES string of the molecule is O=C(CO)[C@@H](O)[C@@H](O)CCOc1ccc2ccc(=O)oc2c1. The number of ketones is 1. The molecular formula is C15H16O7. The highest BCUT2D eigenvalue weighted by molar-refractivity contribution is 5.84. The second kappa shape index (κ2) is 7.17. The first-order valence-corrected chi connectivity index (χ1v) is 6.67. The number of aliphatic hydroxyl groups excluding tert-OH is 3. The molecule has 0 amide bonds. The number of aliphatic hydroxyl groups is 3. The van der Waals surface area contributed by atoms with Crippen molar-refractivity contribution in [3.8, 4) is 5.75 Å². The minimum Gasteiger partial charge on any atom is -0.493 e. The zero-order valence-electron chi connectivity index (χ0n) is 11.6. The number of fused-ring (bicyclic) bond motifs is 1. The Morgan fingerprint density at radius 1 is 1.23 bits per heavy atom. The van der Waals surface area contributed by atoms with Crippen molar-refractivity contribution in [3.05, 3.63) is 40.8 Å². The van der Waals surface area contributed by atoms with Crippen LogP contribution in [-0.4, -0.2) is 46.5 Å². The Bertz CT molecular complexity index is 706. The standard InChI is InChI=1S/C15H16O7/c16-8-12(18)15(20)11(17)5-6-21-10-3-1-9-2-4-14(19)22-13(9)7-10/h1-4,7,11,15-17,20H,5-6,8H2/t11-,15-/m0/s1. The first kappa shape index (κ1) is 16.2. The maximum absolute atomic E-state index is 11.1. The predicted molar refractivity (Wildman–Crippen MR) is 76.7 cm³/mol. The molecule has 3 N–H and O–H groups in total. The van der Waals surface area contributed by atoms with E-state index in [1.54, 1.807) is 24.3 Å². The van der Waals surface area contributed by atoms with E-state index >= 15 is 0 Å². The normalized spacial score (nSPS) is 13.8. The summed E-state index contributed by atoms with van der Waals surface area (Å²) in [5.74, 6) is -0.419. The van der Waals surface area contributed by atoms with Crippen molar-refractivity contribution in [2.75, 3.05) is 13.2 Å². The molecule has 1 aromatic carbocycles. The van der Waals surface area contributed by atoms with Gasteiger partial charge in [0.15, 0.2) is 5.78 Å².